The lowest BCUT2D eigenvalue weighted by molar-refractivity contribution is -0.145. The fourth-order valence-electron chi connectivity index (χ4n) is 3.10. The Labute approximate surface area is 159 Å². The molecule has 1 amide bonds. The van der Waals surface area contributed by atoms with Gasteiger partial charge in [-0.15, -0.1) is 12.4 Å². The van der Waals surface area contributed by atoms with E-state index in [1.165, 1.54) is 18.2 Å². The van der Waals surface area contributed by atoms with Gasteiger partial charge in [-0.25, -0.2) is 4.79 Å². The molecule has 0 aliphatic carbocycles. The molecule has 0 fully saturated rings. The highest BCUT2D eigenvalue weighted by Gasteiger charge is 2.28. The molecule has 26 heavy (non-hydrogen) atoms. The second-order valence-electron chi connectivity index (χ2n) is 6.18. The maximum Gasteiger partial charge on any atom is 0.328 e. The van der Waals surface area contributed by atoms with Crippen molar-refractivity contribution in [2.24, 2.45) is 0 Å². The largest absolute Gasteiger partial charge is 0.467 e. The number of halogens is 1. The third-order valence-electron chi connectivity index (χ3n) is 4.48. The summed E-state index contributed by atoms with van der Waals surface area (Å²) < 4.78 is 4.85. The van der Waals surface area contributed by atoms with Crippen LogP contribution in [-0.4, -0.2) is 31.1 Å². The fraction of sp³-hybridized carbons (Fsp3) is 0.300. The average molecular weight is 375 g/mol. The summed E-state index contributed by atoms with van der Waals surface area (Å²) in [5.74, 6) is -0.616. The van der Waals surface area contributed by atoms with Crippen LogP contribution in [0.3, 0.4) is 0 Å². The molecular formula is C20H23ClN2O3. The monoisotopic (exact) mass is 374 g/mol. The first-order valence-electron chi connectivity index (χ1n) is 8.39. The topological polar surface area (TPSA) is 67.4 Å². The van der Waals surface area contributed by atoms with Crippen molar-refractivity contribution in [1.29, 1.82) is 0 Å². The Balaban J connectivity index is 0.00000243. The molecule has 2 N–H and O–H groups in total. The summed E-state index contributed by atoms with van der Waals surface area (Å²) in [7, 11) is 1.33. The predicted molar refractivity (Wildman–Crippen MR) is 102 cm³/mol. The van der Waals surface area contributed by atoms with Crippen LogP contribution in [0.15, 0.2) is 54.6 Å². The maximum atomic E-state index is 12.6. The van der Waals surface area contributed by atoms with Crippen molar-refractivity contribution >= 4 is 24.3 Å². The quantitative estimate of drug-likeness (QED) is 0.786. The van der Waals surface area contributed by atoms with Crippen LogP contribution in [-0.2, 0) is 33.7 Å². The Hall–Kier alpha value is -2.37. The molecule has 1 heterocycles. The summed E-state index contributed by atoms with van der Waals surface area (Å²) >= 11 is 0. The molecule has 1 aliphatic rings. The number of nitrogens with one attached hydrogen (secondary N) is 2. The van der Waals surface area contributed by atoms with E-state index in [1.807, 2.05) is 48.5 Å². The molecule has 2 aromatic rings. The van der Waals surface area contributed by atoms with Crippen molar-refractivity contribution in [2.75, 3.05) is 7.11 Å². The number of amides is 1. The second kappa shape index (κ2) is 9.36. The Morgan fingerprint density at radius 1 is 1.12 bits per heavy atom. The van der Waals surface area contributed by atoms with Crippen LogP contribution in [0.2, 0.25) is 0 Å². The van der Waals surface area contributed by atoms with Crippen molar-refractivity contribution < 1.29 is 14.3 Å². The minimum atomic E-state index is -0.695. The molecule has 0 saturated carbocycles. The average Bonchev–Trinajstić information content (AvgIpc) is 2.67. The number of esters is 1. The summed E-state index contributed by atoms with van der Waals surface area (Å²) in [6.07, 6.45) is 1.02. The number of methoxy groups -OCH3 is 1. The van der Waals surface area contributed by atoms with Crippen LogP contribution in [0.1, 0.15) is 16.7 Å². The molecule has 0 bridgehead atoms. The first-order valence-corrected chi connectivity index (χ1v) is 8.39. The molecule has 5 nitrogen and oxygen atoms in total. The molecule has 0 spiro atoms. The molecule has 1 aliphatic heterocycles. The van der Waals surface area contributed by atoms with E-state index in [0.29, 0.717) is 19.4 Å². The van der Waals surface area contributed by atoms with Crippen LogP contribution >= 0.6 is 12.4 Å². The van der Waals surface area contributed by atoms with Gasteiger partial charge in [0.25, 0.3) is 0 Å². The molecule has 0 radical (unpaired) electrons. The zero-order valence-corrected chi connectivity index (χ0v) is 15.4. The van der Waals surface area contributed by atoms with Gasteiger partial charge in [0.2, 0.25) is 5.91 Å². The Morgan fingerprint density at radius 2 is 1.77 bits per heavy atom. The molecule has 0 aromatic heterocycles. The summed E-state index contributed by atoms with van der Waals surface area (Å²) in [6, 6.07) is 16.6. The summed E-state index contributed by atoms with van der Waals surface area (Å²) in [5.41, 5.74) is 3.35. The number of hydrogen-bond donors (Lipinski definition) is 2. The molecule has 2 aromatic carbocycles. The van der Waals surface area contributed by atoms with E-state index in [-0.39, 0.29) is 24.4 Å². The highest BCUT2D eigenvalue weighted by atomic mass is 35.5. The summed E-state index contributed by atoms with van der Waals surface area (Å²) in [6.45, 7) is 0.649. The van der Waals surface area contributed by atoms with Gasteiger partial charge in [0.05, 0.1) is 13.2 Å². The standard InChI is InChI=1S/C20H22N2O3.ClH/c1-25-20(24)18(11-14-7-3-2-4-8-14)22-19(23)17-12-15-9-5-6-10-16(15)13-21-17;/h2-10,17-18,21H,11-13H2,1H3,(H,22,23);1H. The SMILES string of the molecule is COC(=O)C(Cc1ccccc1)NC(=O)C1Cc2ccccc2CN1.Cl. The van der Waals surface area contributed by atoms with Gasteiger partial charge in [-0.3, -0.25) is 4.79 Å². The van der Waals surface area contributed by atoms with Crippen LogP contribution < -0.4 is 10.6 Å². The number of rotatable bonds is 5. The van der Waals surface area contributed by atoms with Crippen LogP contribution in [0, 0.1) is 0 Å². The van der Waals surface area contributed by atoms with Crippen molar-refractivity contribution in [2.45, 2.75) is 31.5 Å². The first-order chi connectivity index (χ1) is 12.2. The number of benzene rings is 2. The second-order valence-corrected chi connectivity index (χ2v) is 6.18. The summed E-state index contributed by atoms with van der Waals surface area (Å²) in [4.78, 5) is 24.7. The van der Waals surface area contributed by atoms with Crippen LogP contribution in [0.4, 0.5) is 0 Å². The van der Waals surface area contributed by atoms with Gasteiger partial charge >= 0.3 is 5.97 Å². The normalized spacial score (nSPS) is 16.6. The van der Waals surface area contributed by atoms with Gasteiger partial charge < -0.3 is 15.4 Å². The lowest BCUT2D eigenvalue weighted by Gasteiger charge is -2.27. The number of hydrogen-bond acceptors (Lipinski definition) is 4. The number of ether oxygens (including phenoxy) is 1. The minimum absolute atomic E-state index is 0. The van der Waals surface area contributed by atoms with Crippen molar-refractivity contribution in [3.8, 4) is 0 Å². The zero-order valence-electron chi connectivity index (χ0n) is 14.6. The summed E-state index contributed by atoms with van der Waals surface area (Å²) in [5, 5.41) is 6.08. The molecule has 0 saturated heterocycles. The van der Waals surface area contributed by atoms with E-state index >= 15 is 0 Å². The van der Waals surface area contributed by atoms with E-state index < -0.39 is 12.0 Å². The van der Waals surface area contributed by atoms with Gasteiger partial charge in [-0.1, -0.05) is 54.6 Å². The fourth-order valence-corrected chi connectivity index (χ4v) is 3.10. The van der Waals surface area contributed by atoms with Crippen LogP contribution in [0.25, 0.3) is 0 Å². The maximum absolute atomic E-state index is 12.6. The van der Waals surface area contributed by atoms with Crippen molar-refractivity contribution in [3.63, 3.8) is 0 Å². The first kappa shape index (κ1) is 19.9. The van der Waals surface area contributed by atoms with Crippen molar-refractivity contribution in [3.05, 3.63) is 71.3 Å². The van der Waals surface area contributed by atoms with Gasteiger partial charge in [-0.2, -0.15) is 0 Å². The van der Waals surface area contributed by atoms with E-state index in [4.69, 9.17) is 4.74 Å². The lowest BCUT2D eigenvalue weighted by Crippen LogP contribution is -2.53. The molecule has 138 valence electrons. The van der Waals surface area contributed by atoms with E-state index in [0.717, 1.165) is 5.56 Å². The van der Waals surface area contributed by atoms with Gasteiger partial charge in [0, 0.05) is 13.0 Å². The van der Waals surface area contributed by atoms with E-state index in [2.05, 4.69) is 16.7 Å². The third kappa shape index (κ3) is 4.84. The van der Waals surface area contributed by atoms with Crippen LogP contribution in [0.5, 0.6) is 0 Å². The van der Waals surface area contributed by atoms with Gasteiger partial charge in [0.1, 0.15) is 6.04 Å². The third-order valence-corrected chi connectivity index (χ3v) is 4.48. The molecule has 2 atom stereocenters. The zero-order chi connectivity index (χ0) is 17.6. The van der Waals surface area contributed by atoms with Gasteiger partial charge in [0.15, 0.2) is 0 Å². The molecular weight excluding hydrogens is 352 g/mol. The number of carbonyl (C=O) groups excluding carboxylic acids is 2. The van der Waals surface area contributed by atoms with Crippen molar-refractivity contribution in [1.82, 2.24) is 10.6 Å². The highest BCUT2D eigenvalue weighted by molar-refractivity contribution is 5.88. The van der Waals surface area contributed by atoms with E-state index in [1.54, 1.807) is 0 Å². The molecule has 3 rings (SSSR count). The highest BCUT2D eigenvalue weighted by Crippen LogP contribution is 2.16. The van der Waals surface area contributed by atoms with Gasteiger partial charge in [-0.05, 0) is 23.1 Å². The molecule has 2 unspecified atom stereocenters. The number of fused-ring (bicyclic) bond motifs is 1. The Kier molecular flexibility index (Phi) is 7.18. The molecule has 6 heteroatoms. The number of carbonyl (C=O) groups is 2. The minimum Gasteiger partial charge on any atom is -0.467 e. The van der Waals surface area contributed by atoms with E-state index in [9.17, 15) is 9.59 Å². The lowest BCUT2D eigenvalue weighted by atomic mass is 9.95. The predicted octanol–water partition coefficient (Wildman–Crippen LogP) is 2.02. The smallest absolute Gasteiger partial charge is 0.328 e. The Bertz CT molecular complexity index is 752. The Morgan fingerprint density at radius 3 is 2.46 bits per heavy atom.